The number of hydrogen-bond acceptors (Lipinski definition) is 3. The second-order valence-corrected chi connectivity index (χ2v) is 5.77. The number of halogens is 1. The molecule has 2 aliphatic rings. The Kier molecular flexibility index (Phi) is 3.52. The fourth-order valence-corrected chi connectivity index (χ4v) is 3.09. The lowest BCUT2D eigenvalue weighted by molar-refractivity contribution is -0.121. The zero-order chi connectivity index (χ0) is 14.2. The lowest BCUT2D eigenvalue weighted by atomic mass is 9.88. The van der Waals surface area contributed by atoms with Crippen LogP contribution in [0.4, 0.5) is 5.69 Å². The summed E-state index contributed by atoms with van der Waals surface area (Å²) >= 11 is 6.09. The van der Waals surface area contributed by atoms with Crippen LogP contribution in [-0.4, -0.2) is 30.2 Å². The predicted octanol–water partition coefficient (Wildman–Crippen LogP) is 2.61. The molecule has 1 fully saturated rings. The SMILES string of the molecule is CCC1=NC2(CCNCC2)C(=O)Nc2ccc(Cl)cc21. The third-order valence-electron chi connectivity index (χ3n) is 4.08. The van der Waals surface area contributed by atoms with Crippen LogP contribution in [-0.2, 0) is 4.79 Å². The van der Waals surface area contributed by atoms with Crippen LogP contribution in [0.1, 0.15) is 31.7 Å². The highest BCUT2D eigenvalue weighted by atomic mass is 35.5. The Hall–Kier alpha value is -1.39. The monoisotopic (exact) mass is 291 g/mol. The van der Waals surface area contributed by atoms with E-state index >= 15 is 0 Å². The first-order chi connectivity index (χ1) is 9.64. The van der Waals surface area contributed by atoms with E-state index in [-0.39, 0.29) is 5.91 Å². The highest BCUT2D eigenvalue weighted by molar-refractivity contribution is 6.31. The van der Waals surface area contributed by atoms with Crippen molar-refractivity contribution in [2.45, 2.75) is 31.7 Å². The molecule has 4 nitrogen and oxygen atoms in total. The molecule has 2 N–H and O–H groups in total. The first kappa shape index (κ1) is 13.6. The molecule has 0 bridgehead atoms. The molecule has 0 aromatic heterocycles. The number of carbonyl (C=O) groups excluding carboxylic acids is 1. The number of carbonyl (C=O) groups is 1. The molecule has 1 aromatic rings. The number of piperidine rings is 1. The maximum absolute atomic E-state index is 12.6. The van der Waals surface area contributed by atoms with Crippen LogP contribution in [0.5, 0.6) is 0 Å². The number of fused-ring (bicyclic) bond motifs is 1. The van der Waals surface area contributed by atoms with Crippen molar-refractivity contribution in [3.63, 3.8) is 0 Å². The normalized spacial score (nSPS) is 20.9. The lowest BCUT2D eigenvalue weighted by Crippen LogP contribution is -2.49. The number of nitrogens with one attached hydrogen (secondary N) is 2. The van der Waals surface area contributed by atoms with E-state index in [2.05, 4.69) is 17.6 Å². The van der Waals surface area contributed by atoms with Crippen LogP contribution in [0.25, 0.3) is 0 Å². The summed E-state index contributed by atoms with van der Waals surface area (Å²) in [5, 5.41) is 6.99. The van der Waals surface area contributed by atoms with Crippen LogP contribution >= 0.6 is 11.6 Å². The Morgan fingerprint density at radius 2 is 2.10 bits per heavy atom. The number of nitrogens with zero attached hydrogens (tertiary/aromatic N) is 1. The van der Waals surface area contributed by atoms with E-state index in [0.717, 1.165) is 49.3 Å². The first-order valence-electron chi connectivity index (χ1n) is 7.05. The van der Waals surface area contributed by atoms with Crippen molar-refractivity contribution in [3.05, 3.63) is 28.8 Å². The van der Waals surface area contributed by atoms with Gasteiger partial charge in [-0.15, -0.1) is 0 Å². The van der Waals surface area contributed by atoms with Gasteiger partial charge in [0, 0.05) is 22.0 Å². The van der Waals surface area contributed by atoms with Gasteiger partial charge >= 0.3 is 0 Å². The van der Waals surface area contributed by atoms with Crippen LogP contribution in [0.2, 0.25) is 5.02 Å². The van der Waals surface area contributed by atoms with Crippen molar-refractivity contribution in [1.82, 2.24) is 5.32 Å². The summed E-state index contributed by atoms with van der Waals surface area (Å²) in [6.07, 6.45) is 2.27. The Balaban J connectivity index is 2.12. The third-order valence-corrected chi connectivity index (χ3v) is 4.31. The molecule has 1 saturated heterocycles. The Morgan fingerprint density at radius 1 is 1.35 bits per heavy atom. The molecule has 1 aromatic carbocycles. The minimum Gasteiger partial charge on any atom is -0.323 e. The zero-order valence-corrected chi connectivity index (χ0v) is 12.3. The second kappa shape index (κ2) is 5.19. The van der Waals surface area contributed by atoms with Crippen molar-refractivity contribution in [3.8, 4) is 0 Å². The topological polar surface area (TPSA) is 53.5 Å². The van der Waals surface area contributed by atoms with Crippen molar-refractivity contribution >= 4 is 28.9 Å². The van der Waals surface area contributed by atoms with Crippen molar-refractivity contribution in [2.75, 3.05) is 18.4 Å². The fraction of sp³-hybridized carbons (Fsp3) is 0.467. The molecule has 3 rings (SSSR count). The van der Waals surface area contributed by atoms with Gasteiger partial charge in [0.05, 0.1) is 0 Å². The number of amides is 1. The molecule has 0 atom stereocenters. The van der Waals surface area contributed by atoms with Gasteiger partial charge in [-0.05, 0) is 50.6 Å². The predicted molar refractivity (Wildman–Crippen MR) is 81.7 cm³/mol. The van der Waals surface area contributed by atoms with E-state index in [4.69, 9.17) is 16.6 Å². The second-order valence-electron chi connectivity index (χ2n) is 5.34. The molecule has 20 heavy (non-hydrogen) atoms. The van der Waals surface area contributed by atoms with E-state index in [0.29, 0.717) is 5.02 Å². The summed E-state index contributed by atoms with van der Waals surface area (Å²) in [7, 11) is 0. The fourth-order valence-electron chi connectivity index (χ4n) is 2.92. The maximum Gasteiger partial charge on any atom is 0.252 e. The molecular weight excluding hydrogens is 274 g/mol. The van der Waals surface area contributed by atoms with Gasteiger partial charge in [0.2, 0.25) is 0 Å². The molecule has 0 unspecified atom stereocenters. The van der Waals surface area contributed by atoms with Crippen LogP contribution in [0.15, 0.2) is 23.2 Å². The van der Waals surface area contributed by atoms with Crippen LogP contribution in [0, 0.1) is 0 Å². The lowest BCUT2D eigenvalue weighted by Gasteiger charge is -2.32. The van der Waals surface area contributed by atoms with Crippen molar-refractivity contribution in [2.24, 2.45) is 4.99 Å². The quantitative estimate of drug-likeness (QED) is 0.836. The molecule has 0 radical (unpaired) electrons. The number of rotatable bonds is 1. The van der Waals surface area contributed by atoms with Crippen molar-refractivity contribution < 1.29 is 4.79 Å². The van der Waals surface area contributed by atoms with Gasteiger partial charge < -0.3 is 10.6 Å². The highest BCUT2D eigenvalue weighted by Gasteiger charge is 2.41. The van der Waals surface area contributed by atoms with Gasteiger partial charge in [-0.3, -0.25) is 9.79 Å². The average Bonchev–Trinajstić information content (AvgIpc) is 2.57. The molecule has 2 heterocycles. The molecule has 1 spiro atoms. The van der Waals surface area contributed by atoms with Gasteiger partial charge in [0.1, 0.15) is 5.54 Å². The number of anilines is 1. The average molecular weight is 292 g/mol. The van der Waals surface area contributed by atoms with Gasteiger partial charge in [-0.1, -0.05) is 18.5 Å². The molecular formula is C15H18ClN3O. The van der Waals surface area contributed by atoms with E-state index in [9.17, 15) is 4.79 Å². The third kappa shape index (κ3) is 2.23. The van der Waals surface area contributed by atoms with Gasteiger partial charge in [-0.25, -0.2) is 0 Å². The van der Waals surface area contributed by atoms with Gasteiger partial charge in [-0.2, -0.15) is 0 Å². The summed E-state index contributed by atoms with van der Waals surface area (Å²) in [4.78, 5) is 17.5. The largest absolute Gasteiger partial charge is 0.323 e. The summed E-state index contributed by atoms with van der Waals surface area (Å²) < 4.78 is 0. The summed E-state index contributed by atoms with van der Waals surface area (Å²) in [5.74, 6) is 0.00558. The molecule has 0 saturated carbocycles. The van der Waals surface area contributed by atoms with Crippen LogP contribution < -0.4 is 10.6 Å². The van der Waals surface area contributed by atoms with E-state index in [1.165, 1.54) is 0 Å². The van der Waals surface area contributed by atoms with E-state index in [1.54, 1.807) is 6.07 Å². The standard InChI is InChI=1S/C15H18ClN3O/c1-2-12-11-9-10(16)3-4-13(11)18-14(20)15(19-12)5-7-17-8-6-15/h3-4,9,17H,2,5-8H2,1H3,(H,18,20). The number of hydrogen-bond donors (Lipinski definition) is 2. The summed E-state index contributed by atoms with van der Waals surface area (Å²) in [6, 6.07) is 5.55. The highest BCUT2D eigenvalue weighted by Crippen LogP contribution is 2.33. The van der Waals surface area contributed by atoms with E-state index < -0.39 is 5.54 Å². The summed E-state index contributed by atoms with van der Waals surface area (Å²) in [5.41, 5.74) is 2.10. The number of aliphatic imine (C=N–C) groups is 1. The first-order valence-corrected chi connectivity index (χ1v) is 7.43. The van der Waals surface area contributed by atoms with E-state index in [1.807, 2.05) is 12.1 Å². The van der Waals surface area contributed by atoms with Crippen molar-refractivity contribution in [1.29, 1.82) is 0 Å². The number of benzene rings is 1. The molecule has 0 aliphatic carbocycles. The Morgan fingerprint density at radius 3 is 2.80 bits per heavy atom. The summed E-state index contributed by atoms with van der Waals surface area (Å²) in [6.45, 7) is 3.71. The minimum absolute atomic E-state index is 0.00558. The maximum atomic E-state index is 12.6. The molecule has 2 aliphatic heterocycles. The minimum atomic E-state index is -0.623. The molecule has 5 heteroatoms. The van der Waals surface area contributed by atoms with Crippen LogP contribution in [0.3, 0.4) is 0 Å². The van der Waals surface area contributed by atoms with Gasteiger partial charge in [0.15, 0.2) is 0 Å². The molecule has 106 valence electrons. The Bertz CT molecular complexity index is 576. The Labute approximate surface area is 123 Å². The molecule has 1 amide bonds. The zero-order valence-electron chi connectivity index (χ0n) is 11.5. The van der Waals surface area contributed by atoms with Gasteiger partial charge in [0.25, 0.3) is 5.91 Å². The smallest absolute Gasteiger partial charge is 0.252 e.